The quantitative estimate of drug-likeness (QED) is 0.211. The second-order valence-electron chi connectivity index (χ2n) is 12.0. The molecule has 41 heavy (non-hydrogen) atoms. The first kappa shape index (κ1) is 25.5. The highest BCUT2D eigenvalue weighted by molar-refractivity contribution is 6.16. The summed E-state index contributed by atoms with van der Waals surface area (Å²) < 4.78 is 43.3. The predicted octanol–water partition coefficient (Wildman–Crippen LogP) is 11.0. The molecule has 1 heterocycles. The summed E-state index contributed by atoms with van der Waals surface area (Å²) in [4.78, 5) is 4.37. The van der Waals surface area contributed by atoms with Crippen LogP contribution in [0.2, 0.25) is 0 Å². The van der Waals surface area contributed by atoms with Gasteiger partial charge in [0.15, 0.2) is 0 Å². The minimum absolute atomic E-state index is 0.141. The maximum atomic E-state index is 14.4. The number of benzene rings is 5. The van der Waals surface area contributed by atoms with E-state index in [1.807, 2.05) is 55.5 Å². The average Bonchev–Trinajstić information content (AvgIpc) is 3.27. The van der Waals surface area contributed by atoms with Crippen molar-refractivity contribution in [3.05, 3.63) is 114 Å². The van der Waals surface area contributed by atoms with E-state index >= 15 is 0 Å². The van der Waals surface area contributed by atoms with Crippen LogP contribution in [0.15, 0.2) is 97.2 Å². The molecule has 0 atom stereocenters. The van der Waals surface area contributed by atoms with Crippen LogP contribution in [0.1, 0.15) is 37.5 Å². The van der Waals surface area contributed by atoms with Gasteiger partial charge in [-0.15, -0.1) is 0 Å². The SMILES string of the molecule is Cc1cc(-c2cc(-c3cc(C(C)(C)C)c4ccccc4c3)ncc2C(F)(F)F)cc2c1-c1cccc3cccc-2c13. The van der Waals surface area contributed by atoms with Crippen molar-refractivity contribution < 1.29 is 13.2 Å². The molecular formula is C37H28F3N. The number of hydrogen-bond acceptors (Lipinski definition) is 1. The third kappa shape index (κ3) is 4.04. The second kappa shape index (κ2) is 8.78. The minimum Gasteiger partial charge on any atom is -0.256 e. The number of halogens is 3. The molecule has 4 heteroatoms. The fourth-order valence-corrected chi connectivity index (χ4v) is 6.44. The molecule has 0 saturated heterocycles. The number of pyridine rings is 1. The molecule has 0 radical (unpaired) electrons. The van der Waals surface area contributed by atoms with E-state index in [0.29, 0.717) is 11.3 Å². The summed E-state index contributed by atoms with van der Waals surface area (Å²) >= 11 is 0. The maximum Gasteiger partial charge on any atom is 0.418 e. The van der Waals surface area contributed by atoms with Crippen molar-refractivity contribution in [3.8, 4) is 44.6 Å². The van der Waals surface area contributed by atoms with Gasteiger partial charge in [0, 0.05) is 11.8 Å². The van der Waals surface area contributed by atoms with Gasteiger partial charge in [-0.25, -0.2) is 0 Å². The third-order valence-corrected chi connectivity index (χ3v) is 8.29. The second-order valence-corrected chi connectivity index (χ2v) is 12.0. The van der Waals surface area contributed by atoms with Crippen molar-refractivity contribution in [1.29, 1.82) is 0 Å². The summed E-state index contributed by atoms with van der Waals surface area (Å²) in [5.74, 6) is 0. The maximum absolute atomic E-state index is 14.4. The average molecular weight is 544 g/mol. The van der Waals surface area contributed by atoms with Crippen LogP contribution in [0.3, 0.4) is 0 Å². The van der Waals surface area contributed by atoms with E-state index in [2.05, 4.69) is 62.2 Å². The molecule has 0 bridgehead atoms. The molecule has 0 fully saturated rings. The molecular weight excluding hydrogens is 515 g/mol. The normalized spacial score (nSPS) is 12.8. The molecule has 1 aliphatic carbocycles. The van der Waals surface area contributed by atoms with E-state index in [4.69, 9.17) is 0 Å². The Morgan fingerprint density at radius 2 is 1.32 bits per heavy atom. The Morgan fingerprint density at radius 1 is 0.610 bits per heavy atom. The van der Waals surface area contributed by atoms with Gasteiger partial charge in [0.05, 0.1) is 11.3 Å². The predicted molar refractivity (Wildman–Crippen MR) is 163 cm³/mol. The fraction of sp³-hybridized carbons (Fsp3) is 0.162. The Kier molecular flexibility index (Phi) is 5.46. The number of nitrogens with zero attached hydrogens (tertiary/aromatic N) is 1. The molecule has 0 saturated carbocycles. The Bertz CT molecular complexity index is 2020. The van der Waals surface area contributed by atoms with E-state index in [9.17, 15) is 13.2 Å². The van der Waals surface area contributed by atoms with Crippen molar-refractivity contribution >= 4 is 21.5 Å². The smallest absolute Gasteiger partial charge is 0.256 e. The zero-order valence-corrected chi connectivity index (χ0v) is 23.3. The van der Waals surface area contributed by atoms with E-state index in [-0.39, 0.29) is 11.0 Å². The van der Waals surface area contributed by atoms with Crippen molar-refractivity contribution in [2.24, 2.45) is 0 Å². The van der Waals surface area contributed by atoms with E-state index < -0.39 is 11.7 Å². The number of aromatic nitrogens is 1. The van der Waals surface area contributed by atoms with Gasteiger partial charge in [0.2, 0.25) is 0 Å². The van der Waals surface area contributed by atoms with Crippen LogP contribution < -0.4 is 0 Å². The Labute approximate surface area is 237 Å². The monoisotopic (exact) mass is 543 g/mol. The van der Waals surface area contributed by atoms with Crippen LogP contribution in [-0.4, -0.2) is 4.98 Å². The number of alkyl halides is 3. The van der Waals surface area contributed by atoms with Gasteiger partial charge < -0.3 is 0 Å². The van der Waals surface area contributed by atoms with Gasteiger partial charge in [-0.05, 0) is 103 Å². The lowest BCUT2D eigenvalue weighted by Crippen LogP contribution is -2.12. The number of rotatable bonds is 2. The lowest BCUT2D eigenvalue weighted by Gasteiger charge is -2.23. The van der Waals surface area contributed by atoms with E-state index in [1.54, 1.807) is 6.07 Å². The van der Waals surface area contributed by atoms with Gasteiger partial charge in [0.25, 0.3) is 0 Å². The summed E-state index contributed by atoms with van der Waals surface area (Å²) in [6.45, 7) is 8.43. The van der Waals surface area contributed by atoms with Gasteiger partial charge in [-0.2, -0.15) is 13.2 Å². The molecule has 202 valence electrons. The van der Waals surface area contributed by atoms with Gasteiger partial charge >= 0.3 is 6.18 Å². The van der Waals surface area contributed by atoms with Gasteiger partial charge in [-0.3, -0.25) is 4.98 Å². The molecule has 0 N–H and O–H groups in total. The summed E-state index contributed by atoms with van der Waals surface area (Å²) in [6, 6.07) is 30.0. The first-order valence-electron chi connectivity index (χ1n) is 13.8. The topological polar surface area (TPSA) is 12.9 Å². The standard InChI is InChI=1S/C37H28F3N/c1-21-15-24(17-30-27-13-7-10-22-11-8-14-28(34(21)30)35(22)27)29-19-33(41-20-32(29)37(38,39)40)25-16-23-9-5-6-12-26(23)31(18-25)36(2,3)4/h5-20H,1-4H3. The molecule has 6 aromatic rings. The zero-order valence-electron chi connectivity index (χ0n) is 23.3. The molecule has 0 aliphatic heterocycles. The van der Waals surface area contributed by atoms with Gasteiger partial charge in [0.1, 0.15) is 0 Å². The van der Waals surface area contributed by atoms with E-state index in [0.717, 1.165) is 66.7 Å². The molecule has 0 amide bonds. The van der Waals surface area contributed by atoms with Crippen molar-refractivity contribution in [2.75, 3.05) is 0 Å². The van der Waals surface area contributed by atoms with Crippen molar-refractivity contribution in [1.82, 2.24) is 4.98 Å². The molecule has 7 rings (SSSR count). The number of hydrogen-bond donors (Lipinski definition) is 0. The summed E-state index contributed by atoms with van der Waals surface area (Å²) in [5, 5.41) is 4.46. The van der Waals surface area contributed by atoms with Crippen molar-refractivity contribution in [2.45, 2.75) is 39.3 Å². The Balaban J connectivity index is 1.47. The highest BCUT2D eigenvalue weighted by Crippen LogP contribution is 2.51. The minimum atomic E-state index is -4.54. The fourth-order valence-electron chi connectivity index (χ4n) is 6.44. The Morgan fingerprint density at radius 3 is 2.05 bits per heavy atom. The van der Waals surface area contributed by atoms with Crippen molar-refractivity contribution in [3.63, 3.8) is 0 Å². The van der Waals surface area contributed by atoms with Gasteiger partial charge in [-0.1, -0.05) is 87.5 Å². The van der Waals surface area contributed by atoms with Crippen LogP contribution in [0, 0.1) is 6.92 Å². The first-order valence-corrected chi connectivity index (χ1v) is 13.8. The van der Waals surface area contributed by atoms with Crippen LogP contribution in [0.4, 0.5) is 13.2 Å². The number of fused-ring (bicyclic) bond motifs is 4. The molecule has 0 spiro atoms. The summed E-state index contributed by atoms with van der Waals surface area (Å²) in [7, 11) is 0. The summed E-state index contributed by atoms with van der Waals surface area (Å²) in [6.07, 6.45) is -3.55. The molecule has 0 unspecified atom stereocenters. The molecule has 1 aliphatic rings. The zero-order chi connectivity index (χ0) is 28.7. The van der Waals surface area contributed by atoms with Crippen LogP contribution >= 0.6 is 0 Å². The lowest BCUT2D eigenvalue weighted by molar-refractivity contribution is -0.137. The van der Waals surface area contributed by atoms with E-state index in [1.165, 1.54) is 0 Å². The molecule has 5 aromatic carbocycles. The molecule has 1 nitrogen and oxygen atoms in total. The highest BCUT2D eigenvalue weighted by atomic mass is 19.4. The molecule has 1 aromatic heterocycles. The number of aryl methyl sites for hydroxylation is 1. The first-order chi connectivity index (χ1) is 19.5. The third-order valence-electron chi connectivity index (χ3n) is 8.29. The van der Waals surface area contributed by atoms with Crippen LogP contribution in [-0.2, 0) is 11.6 Å². The highest BCUT2D eigenvalue weighted by Gasteiger charge is 2.35. The Hall–Kier alpha value is -4.44. The van der Waals surface area contributed by atoms with Crippen LogP contribution in [0.25, 0.3) is 66.2 Å². The van der Waals surface area contributed by atoms with Crippen LogP contribution in [0.5, 0.6) is 0 Å². The lowest BCUT2D eigenvalue weighted by atomic mass is 9.82. The largest absolute Gasteiger partial charge is 0.418 e. The summed E-state index contributed by atoms with van der Waals surface area (Å²) in [5.41, 5.74) is 7.46.